The summed E-state index contributed by atoms with van der Waals surface area (Å²) in [5.74, 6) is -5.46. The van der Waals surface area contributed by atoms with E-state index >= 15 is 0 Å². The van der Waals surface area contributed by atoms with Crippen molar-refractivity contribution in [1.29, 1.82) is 5.41 Å². The van der Waals surface area contributed by atoms with E-state index in [9.17, 15) is 23.8 Å². The largest absolute Gasteiger partial charge is 0.479 e. The zero-order valence-corrected chi connectivity index (χ0v) is 14.3. The Bertz CT molecular complexity index is 667. The third-order valence-corrected chi connectivity index (χ3v) is 5.22. The van der Waals surface area contributed by atoms with Gasteiger partial charge >= 0.3 is 5.97 Å². The fourth-order valence-corrected chi connectivity index (χ4v) is 3.83. The first-order chi connectivity index (χ1) is 11.3. The van der Waals surface area contributed by atoms with Gasteiger partial charge in [-0.05, 0) is 17.5 Å². The van der Waals surface area contributed by atoms with Gasteiger partial charge in [0.2, 0.25) is 5.92 Å². The molecule has 25 heavy (non-hydrogen) atoms. The van der Waals surface area contributed by atoms with Crippen LogP contribution >= 0.6 is 12.4 Å². The normalized spacial score (nSPS) is 24.8. The lowest BCUT2D eigenvalue weighted by molar-refractivity contribution is -0.167. The monoisotopic (exact) mass is 374 g/mol. The standard InChI is InChI=1S/C17H20F2N2O3.ClH/c18-16(19)6-5-12(7-16)17(24,15(22)23)14-4-2-1-3-13(14)11-8-21(9-11)10-20;/h1-4,10-12,20,24H,5-9H2,(H,22,23);1H/t12-,17-;/m1./s1. The Kier molecular flexibility index (Phi) is 5.39. The Morgan fingerprint density at radius 1 is 1.36 bits per heavy atom. The van der Waals surface area contributed by atoms with Crippen LogP contribution in [-0.4, -0.2) is 46.4 Å². The quantitative estimate of drug-likeness (QED) is 0.546. The van der Waals surface area contributed by atoms with E-state index in [-0.39, 0.29) is 30.3 Å². The zero-order chi connectivity index (χ0) is 17.5. The van der Waals surface area contributed by atoms with Gasteiger partial charge in [0.1, 0.15) is 0 Å². The molecule has 8 heteroatoms. The summed E-state index contributed by atoms with van der Waals surface area (Å²) in [7, 11) is 0. The maximum absolute atomic E-state index is 13.6. The Hall–Kier alpha value is -1.73. The number of rotatable bonds is 5. The molecule has 2 fully saturated rings. The number of nitrogens with one attached hydrogen (secondary N) is 1. The minimum absolute atomic E-state index is 0. The SMILES string of the molecule is Cl.N=CN1CC(c2ccccc2[C@@](O)(C(=O)O)[C@@H]2CCC(F)(F)C2)C1. The molecule has 3 N–H and O–H groups in total. The fraction of sp³-hybridized carbons (Fsp3) is 0.529. The lowest BCUT2D eigenvalue weighted by atomic mass is 9.74. The number of alkyl halides is 2. The van der Waals surface area contributed by atoms with Crippen molar-refractivity contribution >= 4 is 24.7 Å². The number of nitrogens with zero attached hydrogens (tertiary/aromatic N) is 1. The van der Waals surface area contributed by atoms with Crippen LogP contribution in [0.1, 0.15) is 36.3 Å². The van der Waals surface area contributed by atoms with Crippen molar-refractivity contribution in [3.63, 3.8) is 0 Å². The summed E-state index contributed by atoms with van der Waals surface area (Å²) < 4.78 is 27.2. The minimum Gasteiger partial charge on any atom is -0.479 e. The number of aliphatic hydroxyl groups is 1. The molecule has 2 aliphatic rings. The molecule has 138 valence electrons. The van der Waals surface area contributed by atoms with Gasteiger partial charge < -0.3 is 15.1 Å². The number of carbonyl (C=O) groups is 1. The number of carboxylic acids is 1. The molecule has 2 atom stereocenters. The molecule has 1 saturated heterocycles. The van der Waals surface area contributed by atoms with Crippen LogP contribution in [-0.2, 0) is 10.4 Å². The average Bonchev–Trinajstić information content (AvgIpc) is 2.86. The smallest absolute Gasteiger partial charge is 0.340 e. The van der Waals surface area contributed by atoms with E-state index in [4.69, 9.17) is 5.41 Å². The van der Waals surface area contributed by atoms with Gasteiger partial charge in [-0.2, -0.15) is 0 Å². The van der Waals surface area contributed by atoms with E-state index in [1.165, 1.54) is 12.4 Å². The molecule has 1 aliphatic heterocycles. The molecule has 0 unspecified atom stereocenters. The first-order valence-corrected chi connectivity index (χ1v) is 7.95. The molecule has 1 saturated carbocycles. The lowest BCUT2D eigenvalue weighted by Gasteiger charge is -2.41. The zero-order valence-electron chi connectivity index (χ0n) is 13.5. The number of halogens is 3. The molecule has 1 aromatic carbocycles. The number of hydrogen-bond acceptors (Lipinski definition) is 3. The van der Waals surface area contributed by atoms with Crippen molar-refractivity contribution in [2.75, 3.05) is 13.1 Å². The molecular formula is C17H21ClF2N2O3. The first kappa shape index (κ1) is 19.6. The van der Waals surface area contributed by atoms with E-state index in [1.807, 2.05) is 0 Å². The van der Waals surface area contributed by atoms with Gasteiger partial charge in [0, 0.05) is 37.8 Å². The topological polar surface area (TPSA) is 84.6 Å². The van der Waals surface area contributed by atoms with Gasteiger partial charge in [-0.15, -0.1) is 12.4 Å². The van der Waals surface area contributed by atoms with Crippen LogP contribution in [0, 0.1) is 11.3 Å². The highest BCUT2D eigenvalue weighted by molar-refractivity contribution is 5.85. The Labute approximate surface area is 150 Å². The number of carboxylic acid groups (broad SMARTS) is 1. The summed E-state index contributed by atoms with van der Waals surface area (Å²) in [6, 6.07) is 6.62. The van der Waals surface area contributed by atoms with Crippen molar-refractivity contribution in [2.45, 2.75) is 36.7 Å². The summed E-state index contributed by atoms with van der Waals surface area (Å²) in [6.45, 7) is 1.11. The average molecular weight is 375 g/mol. The molecule has 0 spiro atoms. The number of benzene rings is 1. The lowest BCUT2D eigenvalue weighted by Crippen LogP contribution is -2.47. The van der Waals surface area contributed by atoms with Gasteiger partial charge in [0.25, 0.3) is 0 Å². The van der Waals surface area contributed by atoms with Crippen molar-refractivity contribution in [3.05, 3.63) is 35.4 Å². The van der Waals surface area contributed by atoms with Gasteiger partial charge in [-0.3, -0.25) is 5.41 Å². The molecule has 1 aliphatic carbocycles. The fourth-order valence-electron chi connectivity index (χ4n) is 3.83. The highest BCUT2D eigenvalue weighted by Crippen LogP contribution is 2.49. The molecule has 0 aromatic heterocycles. The van der Waals surface area contributed by atoms with Crippen molar-refractivity contribution in [1.82, 2.24) is 4.90 Å². The second-order valence-electron chi connectivity index (χ2n) is 6.73. The van der Waals surface area contributed by atoms with Crippen molar-refractivity contribution in [2.24, 2.45) is 5.92 Å². The van der Waals surface area contributed by atoms with Crippen LogP contribution in [0.3, 0.4) is 0 Å². The first-order valence-electron chi connectivity index (χ1n) is 7.95. The Morgan fingerprint density at radius 3 is 2.52 bits per heavy atom. The molecule has 1 aromatic rings. The number of hydrogen-bond donors (Lipinski definition) is 3. The van der Waals surface area contributed by atoms with Crippen LogP contribution in [0.15, 0.2) is 24.3 Å². The maximum Gasteiger partial charge on any atom is 0.340 e. The number of aliphatic carboxylic acids is 1. The molecule has 0 radical (unpaired) electrons. The Balaban J connectivity index is 0.00000225. The van der Waals surface area contributed by atoms with Gasteiger partial charge in [-0.1, -0.05) is 24.3 Å². The molecule has 0 amide bonds. The molecule has 0 bridgehead atoms. The van der Waals surface area contributed by atoms with Gasteiger partial charge in [0.05, 0.1) is 6.34 Å². The van der Waals surface area contributed by atoms with Gasteiger partial charge in [-0.25, -0.2) is 13.6 Å². The van der Waals surface area contributed by atoms with Crippen molar-refractivity contribution in [3.8, 4) is 0 Å². The summed E-state index contributed by atoms with van der Waals surface area (Å²) >= 11 is 0. The van der Waals surface area contributed by atoms with Crippen molar-refractivity contribution < 1.29 is 23.8 Å². The summed E-state index contributed by atoms with van der Waals surface area (Å²) in [6.07, 6.45) is 0.156. The summed E-state index contributed by atoms with van der Waals surface area (Å²) in [5, 5.41) is 27.9. The number of likely N-dealkylation sites (tertiary alicyclic amines) is 1. The highest BCUT2D eigenvalue weighted by atomic mass is 35.5. The molecule has 3 rings (SSSR count). The van der Waals surface area contributed by atoms with E-state index in [1.54, 1.807) is 23.1 Å². The van der Waals surface area contributed by atoms with E-state index in [0.29, 0.717) is 18.7 Å². The summed E-state index contributed by atoms with van der Waals surface area (Å²) in [4.78, 5) is 13.6. The highest BCUT2D eigenvalue weighted by Gasteiger charge is 2.54. The second-order valence-corrected chi connectivity index (χ2v) is 6.73. The predicted octanol–water partition coefficient (Wildman–Crippen LogP) is 2.82. The van der Waals surface area contributed by atoms with Crippen LogP contribution in [0.4, 0.5) is 8.78 Å². The van der Waals surface area contributed by atoms with E-state index in [0.717, 1.165) is 0 Å². The molecule has 1 heterocycles. The van der Waals surface area contributed by atoms with E-state index < -0.39 is 36.3 Å². The second kappa shape index (κ2) is 6.88. The van der Waals surface area contributed by atoms with Crippen LogP contribution < -0.4 is 0 Å². The maximum atomic E-state index is 13.6. The van der Waals surface area contributed by atoms with E-state index in [2.05, 4.69) is 0 Å². The molecular weight excluding hydrogens is 354 g/mol. The minimum atomic E-state index is -2.93. The third-order valence-electron chi connectivity index (χ3n) is 5.22. The van der Waals surface area contributed by atoms with Gasteiger partial charge in [0.15, 0.2) is 5.60 Å². The van der Waals surface area contributed by atoms with Crippen LogP contribution in [0.5, 0.6) is 0 Å². The third kappa shape index (κ3) is 3.35. The van der Waals surface area contributed by atoms with Crippen LogP contribution in [0.2, 0.25) is 0 Å². The Morgan fingerprint density at radius 2 is 2.00 bits per heavy atom. The predicted molar refractivity (Wildman–Crippen MR) is 90.6 cm³/mol. The summed E-state index contributed by atoms with van der Waals surface area (Å²) in [5.41, 5.74) is -1.45. The van der Waals surface area contributed by atoms with Crippen LogP contribution in [0.25, 0.3) is 0 Å². The molecule has 5 nitrogen and oxygen atoms in total.